The molecule has 1 fully saturated rings. The lowest BCUT2D eigenvalue weighted by Crippen LogP contribution is -2.46. The highest BCUT2D eigenvalue weighted by atomic mass is 79.9. The molecule has 0 amide bonds. The van der Waals surface area contributed by atoms with E-state index in [0.717, 1.165) is 0 Å². The van der Waals surface area contributed by atoms with Gasteiger partial charge in [0.1, 0.15) is 11.8 Å². The molecule has 0 bridgehead atoms. The summed E-state index contributed by atoms with van der Waals surface area (Å²) in [5.41, 5.74) is 0.163. The van der Waals surface area contributed by atoms with Crippen LogP contribution in [-0.4, -0.2) is 42.6 Å². The molecular weight excluding hydrogens is 341 g/mol. The molecule has 3 nitrogen and oxygen atoms in total. The minimum atomic E-state index is -2.59. The van der Waals surface area contributed by atoms with Crippen LogP contribution in [0.2, 0.25) is 5.02 Å². The van der Waals surface area contributed by atoms with Gasteiger partial charge in [0.05, 0.1) is 4.47 Å². The molecule has 0 spiro atoms. The number of benzene rings is 1. The molecule has 106 valence electrons. The molecule has 1 saturated heterocycles. The third kappa shape index (κ3) is 3.37. The second-order valence-corrected chi connectivity index (χ2v) is 5.68. The van der Waals surface area contributed by atoms with Gasteiger partial charge in [0, 0.05) is 36.8 Å². The average Bonchev–Trinajstić information content (AvgIpc) is 2.36. The van der Waals surface area contributed by atoms with Crippen molar-refractivity contribution in [1.82, 2.24) is 10.2 Å². The SMILES string of the molecule is Oc1c(Br)cc(Cl)cc1[C@H](C(F)F)N1CCNCC1. The van der Waals surface area contributed by atoms with E-state index < -0.39 is 12.5 Å². The number of alkyl halides is 2. The number of aromatic hydroxyl groups is 1. The van der Waals surface area contributed by atoms with Gasteiger partial charge in [-0.2, -0.15) is 0 Å². The number of piperazine rings is 1. The summed E-state index contributed by atoms with van der Waals surface area (Å²) in [6.45, 7) is 2.34. The number of phenols is 1. The summed E-state index contributed by atoms with van der Waals surface area (Å²) >= 11 is 9.02. The largest absolute Gasteiger partial charge is 0.506 e. The van der Waals surface area contributed by atoms with Crippen LogP contribution in [0.5, 0.6) is 5.75 Å². The molecule has 1 aliphatic rings. The highest BCUT2D eigenvalue weighted by molar-refractivity contribution is 9.10. The standard InChI is InChI=1S/C12H14BrClF2N2O/c13-9-6-7(14)5-8(11(9)19)10(12(15)16)18-3-1-17-2-4-18/h5-6,10,12,17,19H,1-4H2/t10-/m1/s1. The maximum atomic E-state index is 13.4. The lowest BCUT2D eigenvalue weighted by Gasteiger charge is -2.35. The van der Waals surface area contributed by atoms with Gasteiger partial charge in [0.25, 0.3) is 6.43 Å². The van der Waals surface area contributed by atoms with Gasteiger partial charge < -0.3 is 10.4 Å². The summed E-state index contributed by atoms with van der Waals surface area (Å²) in [7, 11) is 0. The third-order valence-electron chi connectivity index (χ3n) is 3.16. The molecule has 2 rings (SSSR count). The molecule has 0 radical (unpaired) electrons. The Morgan fingerprint density at radius 1 is 1.32 bits per heavy atom. The van der Waals surface area contributed by atoms with Gasteiger partial charge in [-0.15, -0.1) is 0 Å². The molecule has 1 heterocycles. The van der Waals surface area contributed by atoms with Crippen molar-refractivity contribution < 1.29 is 13.9 Å². The van der Waals surface area contributed by atoms with Crippen molar-refractivity contribution >= 4 is 27.5 Å². The van der Waals surface area contributed by atoms with Crippen LogP contribution in [0.3, 0.4) is 0 Å². The number of nitrogens with zero attached hydrogens (tertiary/aromatic N) is 1. The van der Waals surface area contributed by atoms with E-state index in [4.69, 9.17) is 11.6 Å². The molecule has 0 saturated carbocycles. The average molecular weight is 356 g/mol. The lowest BCUT2D eigenvalue weighted by molar-refractivity contribution is 0.0170. The lowest BCUT2D eigenvalue weighted by atomic mass is 10.0. The number of hydrogen-bond donors (Lipinski definition) is 2. The molecule has 0 aliphatic carbocycles. The topological polar surface area (TPSA) is 35.5 Å². The van der Waals surface area contributed by atoms with Crippen molar-refractivity contribution in [3.05, 3.63) is 27.2 Å². The van der Waals surface area contributed by atoms with Gasteiger partial charge in [0.2, 0.25) is 0 Å². The number of nitrogens with one attached hydrogen (secondary N) is 1. The Labute approximate surface area is 123 Å². The van der Waals surface area contributed by atoms with E-state index in [2.05, 4.69) is 21.2 Å². The van der Waals surface area contributed by atoms with Crippen molar-refractivity contribution in [3.63, 3.8) is 0 Å². The van der Waals surface area contributed by atoms with Crippen molar-refractivity contribution in [3.8, 4) is 5.75 Å². The van der Waals surface area contributed by atoms with Crippen LogP contribution in [0.1, 0.15) is 11.6 Å². The molecule has 7 heteroatoms. The fraction of sp³-hybridized carbons (Fsp3) is 0.500. The predicted octanol–water partition coefficient (Wildman–Crippen LogP) is 3.02. The molecule has 1 aromatic rings. The summed E-state index contributed by atoms with van der Waals surface area (Å²) in [6, 6.07) is 1.75. The van der Waals surface area contributed by atoms with Crippen molar-refractivity contribution in [2.75, 3.05) is 26.2 Å². The van der Waals surface area contributed by atoms with Crippen molar-refractivity contribution in [1.29, 1.82) is 0 Å². The minimum Gasteiger partial charge on any atom is -0.506 e. The molecule has 19 heavy (non-hydrogen) atoms. The summed E-state index contributed by atoms with van der Waals surface area (Å²) in [6.07, 6.45) is -2.59. The first kappa shape index (κ1) is 15.0. The maximum Gasteiger partial charge on any atom is 0.258 e. The Balaban J connectivity index is 2.38. The molecule has 0 unspecified atom stereocenters. The zero-order valence-electron chi connectivity index (χ0n) is 10.0. The highest BCUT2D eigenvalue weighted by Gasteiger charge is 2.32. The summed E-state index contributed by atoms with van der Waals surface area (Å²) in [4.78, 5) is 1.67. The van der Waals surface area contributed by atoms with E-state index in [-0.39, 0.29) is 11.3 Å². The van der Waals surface area contributed by atoms with Crippen LogP contribution in [0.4, 0.5) is 8.78 Å². The number of hydrogen-bond acceptors (Lipinski definition) is 3. The van der Waals surface area contributed by atoms with Gasteiger partial charge in [-0.1, -0.05) is 11.6 Å². The molecule has 2 N–H and O–H groups in total. The van der Waals surface area contributed by atoms with E-state index >= 15 is 0 Å². The molecular formula is C12H14BrClF2N2O. The second kappa shape index (κ2) is 6.35. The van der Waals surface area contributed by atoms with Gasteiger partial charge in [0.15, 0.2) is 0 Å². The smallest absolute Gasteiger partial charge is 0.258 e. The highest BCUT2D eigenvalue weighted by Crippen LogP contribution is 2.39. The zero-order chi connectivity index (χ0) is 14.0. The molecule has 1 aromatic carbocycles. The molecule has 0 aromatic heterocycles. The Hall–Kier alpha value is -0.430. The van der Waals surface area contributed by atoms with E-state index in [1.54, 1.807) is 4.90 Å². The van der Waals surface area contributed by atoms with Crippen LogP contribution in [-0.2, 0) is 0 Å². The van der Waals surface area contributed by atoms with Crippen molar-refractivity contribution in [2.24, 2.45) is 0 Å². The van der Waals surface area contributed by atoms with Gasteiger partial charge in [-0.3, -0.25) is 4.90 Å². The Morgan fingerprint density at radius 2 is 1.95 bits per heavy atom. The first-order chi connectivity index (χ1) is 9.00. The van der Waals surface area contributed by atoms with Crippen LogP contribution in [0.15, 0.2) is 16.6 Å². The van der Waals surface area contributed by atoms with E-state index in [9.17, 15) is 13.9 Å². The number of rotatable bonds is 3. The Bertz CT molecular complexity index is 456. The van der Waals surface area contributed by atoms with Crippen LogP contribution >= 0.6 is 27.5 Å². The van der Waals surface area contributed by atoms with Crippen LogP contribution in [0, 0.1) is 0 Å². The molecule has 1 aliphatic heterocycles. The zero-order valence-corrected chi connectivity index (χ0v) is 12.4. The summed E-state index contributed by atoms with van der Waals surface area (Å²) < 4.78 is 27.1. The van der Waals surface area contributed by atoms with E-state index in [0.29, 0.717) is 35.7 Å². The van der Waals surface area contributed by atoms with Crippen LogP contribution < -0.4 is 5.32 Å². The maximum absolute atomic E-state index is 13.4. The Kier molecular flexibility index (Phi) is 5.00. The van der Waals surface area contributed by atoms with Gasteiger partial charge in [-0.25, -0.2) is 8.78 Å². The van der Waals surface area contributed by atoms with Crippen LogP contribution in [0.25, 0.3) is 0 Å². The third-order valence-corrected chi connectivity index (χ3v) is 3.98. The van der Waals surface area contributed by atoms with Gasteiger partial charge in [-0.05, 0) is 28.1 Å². The molecule has 1 atom stereocenters. The van der Waals surface area contributed by atoms with Crippen molar-refractivity contribution in [2.45, 2.75) is 12.5 Å². The van der Waals surface area contributed by atoms with E-state index in [1.165, 1.54) is 12.1 Å². The van der Waals surface area contributed by atoms with E-state index in [1.807, 2.05) is 0 Å². The minimum absolute atomic E-state index is 0.163. The summed E-state index contributed by atoms with van der Waals surface area (Å²) in [5.74, 6) is -0.173. The normalized spacial score (nSPS) is 18.8. The van der Waals surface area contributed by atoms with Gasteiger partial charge >= 0.3 is 0 Å². The number of halogens is 4. The first-order valence-electron chi connectivity index (χ1n) is 5.91. The predicted molar refractivity (Wildman–Crippen MR) is 74.0 cm³/mol. The Morgan fingerprint density at radius 3 is 2.53 bits per heavy atom. The fourth-order valence-electron chi connectivity index (χ4n) is 2.26. The fourth-order valence-corrected chi connectivity index (χ4v) is 3.10. The summed E-state index contributed by atoms with van der Waals surface area (Å²) in [5, 5.41) is 13.4. The second-order valence-electron chi connectivity index (χ2n) is 4.39. The first-order valence-corrected chi connectivity index (χ1v) is 7.08. The number of phenolic OH excluding ortho intramolecular Hbond substituents is 1. The monoisotopic (exact) mass is 354 g/mol. The quantitative estimate of drug-likeness (QED) is 0.875.